The van der Waals surface area contributed by atoms with Crippen LogP contribution >= 0.6 is 11.3 Å². The first-order valence-corrected chi connectivity index (χ1v) is 11.4. The van der Waals surface area contributed by atoms with Crippen molar-refractivity contribution in [2.24, 2.45) is 5.10 Å². The van der Waals surface area contributed by atoms with Gasteiger partial charge in [-0.05, 0) is 29.6 Å². The molecule has 3 aromatic rings. The lowest BCUT2D eigenvalue weighted by atomic mass is 9.97. The number of para-hydroxylation sites is 1. The van der Waals surface area contributed by atoms with Crippen molar-refractivity contribution in [3.8, 4) is 11.5 Å². The van der Waals surface area contributed by atoms with Crippen LogP contribution in [0.2, 0.25) is 0 Å². The molecule has 170 valence electrons. The standard InChI is InChI=1S/C25H25N3O4S/c1-27(25(30)23-12-7-13-33-23)16-24(29)28-21(19-10-4-5-11-22(19)32-3)15-20(26-28)17-8-6-9-18(14-17)31-2/h4-14,21H,15-16H2,1-3H3/t21-/m1/s1. The number of hydrogen-bond acceptors (Lipinski definition) is 6. The molecule has 4 rings (SSSR count). The van der Waals surface area contributed by atoms with Gasteiger partial charge in [0.1, 0.15) is 18.0 Å². The van der Waals surface area contributed by atoms with Crippen molar-refractivity contribution in [2.75, 3.05) is 27.8 Å². The molecule has 0 unspecified atom stereocenters. The number of ether oxygens (including phenoxy) is 2. The van der Waals surface area contributed by atoms with Gasteiger partial charge in [0.05, 0.1) is 30.9 Å². The second kappa shape index (κ2) is 9.87. The summed E-state index contributed by atoms with van der Waals surface area (Å²) in [5, 5.41) is 8.01. The molecule has 8 heteroatoms. The van der Waals surface area contributed by atoms with Crippen LogP contribution in [-0.2, 0) is 4.79 Å². The Kier molecular flexibility index (Phi) is 6.74. The lowest BCUT2D eigenvalue weighted by Gasteiger charge is -2.25. The number of nitrogens with zero attached hydrogens (tertiary/aromatic N) is 3. The SMILES string of the molecule is COc1cccc(C2=NN(C(=O)CN(C)C(=O)c3cccs3)[C@@H](c3ccccc3OC)C2)c1. The van der Waals surface area contributed by atoms with Gasteiger partial charge in [0.15, 0.2) is 0 Å². The summed E-state index contributed by atoms with van der Waals surface area (Å²) in [4.78, 5) is 28.1. The molecule has 7 nitrogen and oxygen atoms in total. The van der Waals surface area contributed by atoms with E-state index in [2.05, 4.69) is 0 Å². The fourth-order valence-corrected chi connectivity index (χ4v) is 4.55. The minimum atomic E-state index is -0.347. The number of thiophene rings is 1. The Morgan fingerprint density at radius 3 is 2.64 bits per heavy atom. The van der Waals surface area contributed by atoms with Crippen molar-refractivity contribution < 1.29 is 19.1 Å². The summed E-state index contributed by atoms with van der Waals surface area (Å²) < 4.78 is 10.9. The molecule has 0 radical (unpaired) electrons. The predicted molar refractivity (Wildman–Crippen MR) is 128 cm³/mol. The van der Waals surface area contributed by atoms with Gasteiger partial charge >= 0.3 is 0 Å². The quantitative estimate of drug-likeness (QED) is 0.526. The maximum absolute atomic E-state index is 13.4. The summed E-state index contributed by atoms with van der Waals surface area (Å²) in [5.74, 6) is 0.945. The van der Waals surface area contributed by atoms with Crippen molar-refractivity contribution in [2.45, 2.75) is 12.5 Å². The van der Waals surface area contributed by atoms with Gasteiger partial charge in [-0.25, -0.2) is 5.01 Å². The van der Waals surface area contributed by atoms with E-state index in [1.165, 1.54) is 21.2 Å². The summed E-state index contributed by atoms with van der Waals surface area (Å²) in [6.45, 7) is -0.0860. The van der Waals surface area contributed by atoms with Crippen molar-refractivity contribution in [3.63, 3.8) is 0 Å². The number of hydrogen-bond donors (Lipinski definition) is 0. The maximum atomic E-state index is 13.4. The first-order valence-electron chi connectivity index (χ1n) is 10.5. The number of hydrazone groups is 1. The highest BCUT2D eigenvalue weighted by molar-refractivity contribution is 7.12. The number of amides is 2. The lowest BCUT2D eigenvalue weighted by Crippen LogP contribution is -2.39. The molecule has 1 aliphatic rings. The average molecular weight is 464 g/mol. The Morgan fingerprint density at radius 2 is 1.91 bits per heavy atom. The Balaban J connectivity index is 1.64. The third-order valence-electron chi connectivity index (χ3n) is 5.52. The first-order chi connectivity index (χ1) is 16.0. The second-order valence-electron chi connectivity index (χ2n) is 7.62. The lowest BCUT2D eigenvalue weighted by molar-refractivity contribution is -0.133. The van der Waals surface area contributed by atoms with Crippen LogP contribution in [0.3, 0.4) is 0 Å². The molecule has 0 saturated carbocycles. The largest absolute Gasteiger partial charge is 0.497 e. The zero-order valence-electron chi connectivity index (χ0n) is 18.7. The van der Waals surface area contributed by atoms with Crippen LogP contribution in [0.25, 0.3) is 0 Å². The summed E-state index contributed by atoms with van der Waals surface area (Å²) in [6, 6.07) is 18.4. The molecule has 0 aliphatic carbocycles. The summed E-state index contributed by atoms with van der Waals surface area (Å²) >= 11 is 1.35. The molecule has 1 aliphatic heterocycles. The van der Waals surface area contributed by atoms with Gasteiger partial charge in [-0.2, -0.15) is 5.10 Å². The predicted octanol–water partition coefficient (Wildman–Crippen LogP) is 4.22. The molecule has 0 fully saturated rings. The van der Waals surface area contributed by atoms with Crippen molar-refractivity contribution >= 4 is 28.9 Å². The Hall–Kier alpha value is -3.65. The Bertz CT molecular complexity index is 1180. The zero-order chi connectivity index (χ0) is 23.4. The van der Waals surface area contributed by atoms with Crippen LogP contribution in [0.4, 0.5) is 0 Å². The highest BCUT2D eigenvalue weighted by atomic mass is 32.1. The van der Waals surface area contributed by atoms with Gasteiger partial charge in [0, 0.05) is 24.6 Å². The van der Waals surface area contributed by atoms with E-state index in [-0.39, 0.29) is 24.4 Å². The van der Waals surface area contributed by atoms with E-state index in [0.717, 1.165) is 22.6 Å². The van der Waals surface area contributed by atoms with Crippen LogP contribution in [0.5, 0.6) is 11.5 Å². The highest BCUT2D eigenvalue weighted by Gasteiger charge is 2.35. The zero-order valence-corrected chi connectivity index (χ0v) is 19.5. The van der Waals surface area contributed by atoms with Gasteiger partial charge in [0.2, 0.25) is 0 Å². The normalized spacial score (nSPS) is 15.2. The molecule has 0 spiro atoms. The fourth-order valence-electron chi connectivity index (χ4n) is 3.84. The number of benzene rings is 2. The van der Waals surface area contributed by atoms with Crippen LogP contribution in [0.15, 0.2) is 71.1 Å². The van der Waals surface area contributed by atoms with Crippen molar-refractivity contribution in [1.82, 2.24) is 9.91 Å². The van der Waals surface area contributed by atoms with E-state index >= 15 is 0 Å². The summed E-state index contributed by atoms with van der Waals surface area (Å²) in [6.07, 6.45) is 0.516. The molecule has 2 heterocycles. The topological polar surface area (TPSA) is 71.4 Å². The molecular formula is C25H25N3O4S. The van der Waals surface area contributed by atoms with Gasteiger partial charge in [0.25, 0.3) is 11.8 Å². The van der Waals surface area contributed by atoms with Gasteiger partial charge in [-0.1, -0.05) is 36.4 Å². The molecule has 0 bridgehead atoms. The molecule has 1 aromatic heterocycles. The Labute approximate surface area is 196 Å². The summed E-state index contributed by atoms with van der Waals surface area (Å²) in [7, 11) is 4.85. The second-order valence-corrected chi connectivity index (χ2v) is 8.57. The van der Waals surface area contributed by atoms with E-state index < -0.39 is 0 Å². The molecule has 2 amide bonds. The van der Waals surface area contributed by atoms with E-state index in [9.17, 15) is 9.59 Å². The maximum Gasteiger partial charge on any atom is 0.264 e. The summed E-state index contributed by atoms with van der Waals surface area (Å²) in [5.41, 5.74) is 2.51. The Morgan fingerprint density at radius 1 is 1.09 bits per heavy atom. The first kappa shape index (κ1) is 22.5. The number of carbonyl (C=O) groups is 2. The van der Waals surface area contributed by atoms with Gasteiger partial charge in [-0.15, -0.1) is 11.3 Å². The number of likely N-dealkylation sites (N-methyl/N-ethyl adjacent to an activating group) is 1. The molecule has 33 heavy (non-hydrogen) atoms. The van der Waals surface area contributed by atoms with E-state index in [1.807, 2.05) is 60.0 Å². The van der Waals surface area contributed by atoms with Crippen molar-refractivity contribution in [1.29, 1.82) is 0 Å². The number of rotatable bonds is 7. The molecule has 0 saturated heterocycles. The number of carbonyl (C=O) groups excluding carboxylic acids is 2. The number of methoxy groups -OCH3 is 2. The van der Waals surface area contributed by atoms with Crippen molar-refractivity contribution in [3.05, 3.63) is 82.0 Å². The molecular weight excluding hydrogens is 438 g/mol. The smallest absolute Gasteiger partial charge is 0.264 e. The monoisotopic (exact) mass is 463 g/mol. The molecule has 0 N–H and O–H groups in total. The minimum absolute atomic E-state index is 0.0860. The van der Waals surface area contributed by atoms with Gasteiger partial charge < -0.3 is 14.4 Å². The fraction of sp³-hybridized carbons (Fsp3) is 0.240. The highest BCUT2D eigenvalue weighted by Crippen LogP contribution is 2.37. The third-order valence-corrected chi connectivity index (χ3v) is 6.38. The van der Waals surface area contributed by atoms with Crippen LogP contribution in [0.1, 0.15) is 33.3 Å². The minimum Gasteiger partial charge on any atom is -0.497 e. The van der Waals surface area contributed by atoms with E-state index in [4.69, 9.17) is 14.6 Å². The van der Waals surface area contributed by atoms with E-state index in [1.54, 1.807) is 27.3 Å². The van der Waals surface area contributed by atoms with E-state index in [0.29, 0.717) is 17.0 Å². The molecule has 2 aromatic carbocycles. The van der Waals surface area contributed by atoms with Crippen LogP contribution < -0.4 is 9.47 Å². The van der Waals surface area contributed by atoms with Crippen LogP contribution in [0, 0.1) is 0 Å². The van der Waals surface area contributed by atoms with Crippen LogP contribution in [-0.4, -0.2) is 55.2 Å². The average Bonchev–Trinajstić information content (AvgIpc) is 3.54. The third kappa shape index (κ3) is 4.75. The van der Waals surface area contributed by atoms with Gasteiger partial charge in [-0.3, -0.25) is 9.59 Å². The molecule has 1 atom stereocenters.